The van der Waals surface area contributed by atoms with Crippen LogP contribution in [0.3, 0.4) is 0 Å². The molecule has 43 heavy (non-hydrogen) atoms. The lowest BCUT2D eigenvalue weighted by atomic mass is 10.0. The Kier molecular flexibility index (Phi) is 4.39. The van der Waals surface area contributed by atoms with Gasteiger partial charge >= 0.3 is 0 Å². The van der Waals surface area contributed by atoms with E-state index in [1.165, 1.54) is 49.0 Å². The van der Waals surface area contributed by atoms with E-state index < -0.39 is 0 Å². The van der Waals surface area contributed by atoms with Crippen molar-refractivity contribution in [1.29, 1.82) is 0 Å². The molecule has 0 aliphatic heterocycles. The number of rotatable bonds is 2. The number of imidazole rings is 1. The fraction of sp³-hybridized carbons (Fsp3) is 0. The van der Waals surface area contributed by atoms with Crippen LogP contribution in [0, 0.1) is 0 Å². The summed E-state index contributed by atoms with van der Waals surface area (Å²) in [7, 11) is 0. The Morgan fingerprint density at radius 2 is 1.14 bits per heavy atom. The minimum atomic E-state index is 0.922. The smallest absolute Gasteiger partial charge is 0.146 e. The summed E-state index contributed by atoms with van der Waals surface area (Å²) in [5.74, 6) is 0. The molecule has 0 saturated carbocycles. The molecule has 0 amide bonds. The Labute approximate surface area is 245 Å². The Hall–Kier alpha value is -5.94. The second-order valence-corrected chi connectivity index (χ2v) is 11.1. The summed E-state index contributed by atoms with van der Waals surface area (Å²) in [5.41, 5.74) is 9.09. The first-order valence-electron chi connectivity index (χ1n) is 14.5. The van der Waals surface area contributed by atoms with Crippen molar-refractivity contribution in [3.63, 3.8) is 0 Å². The molecule has 0 aliphatic rings. The van der Waals surface area contributed by atoms with Gasteiger partial charge in [0, 0.05) is 68.5 Å². The topological polar surface area (TPSA) is 40.1 Å². The van der Waals surface area contributed by atoms with Crippen molar-refractivity contribution in [1.82, 2.24) is 23.5 Å². The quantitative estimate of drug-likeness (QED) is 0.202. The number of para-hydroxylation sites is 3. The molecular weight excluding hydrogens is 526 g/mol. The van der Waals surface area contributed by atoms with Gasteiger partial charge in [-0.2, -0.15) is 0 Å². The molecule has 5 aromatic carbocycles. The molecule has 10 rings (SSSR count). The van der Waals surface area contributed by atoms with Gasteiger partial charge in [-0.3, -0.25) is 9.38 Å². The van der Waals surface area contributed by atoms with E-state index in [2.05, 4.69) is 140 Å². The van der Waals surface area contributed by atoms with Gasteiger partial charge in [-0.05, 0) is 60.0 Å². The van der Waals surface area contributed by atoms with E-state index in [9.17, 15) is 0 Å². The minimum absolute atomic E-state index is 0.922. The third-order valence-electron chi connectivity index (χ3n) is 8.97. The zero-order chi connectivity index (χ0) is 28.1. The van der Waals surface area contributed by atoms with Crippen molar-refractivity contribution in [2.75, 3.05) is 0 Å². The van der Waals surface area contributed by atoms with Crippen LogP contribution in [0.5, 0.6) is 0 Å². The lowest BCUT2D eigenvalue weighted by Gasteiger charge is -2.11. The third-order valence-corrected chi connectivity index (χ3v) is 8.97. The largest absolute Gasteiger partial charge is 0.309 e. The molecule has 0 N–H and O–H groups in total. The molecule has 0 unspecified atom stereocenters. The van der Waals surface area contributed by atoms with Crippen LogP contribution in [0.2, 0.25) is 0 Å². The van der Waals surface area contributed by atoms with Gasteiger partial charge in [0.2, 0.25) is 0 Å². The zero-order valence-electron chi connectivity index (χ0n) is 23.0. The van der Waals surface area contributed by atoms with E-state index in [1.807, 2.05) is 18.6 Å². The van der Waals surface area contributed by atoms with E-state index in [4.69, 9.17) is 4.98 Å². The first-order valence-corrected chi connectivity index (χ1v) is 14.5. The fourth-order valence-corrected chi connectivity index (χ4v) is 7.29. The number of aromatic nitrogens is 5. The number of nitrogens with zero attached hydrogens (tertiary/aromatic N) is 5. The van der Waals surface area contributed by atoms with Crippen molar-refractivity contribution in [3.8, 4) is 11.4 Å². The van der Waals surface area contributed by atoms with Crippen LogP contribution in [0.15, 0.2) is 140 Å². The second kappa shape index (κ2) is 8.30. The highest BCUT2D eigenvalue weighted by Gasteiger charge is 2.23. The van der Waals surface area contributed by atoms with Crippen molar-refractivity contribution in [2.45, 2.75) is 0 Å². The molecule has 5 heteroatoms. The highest BCUT2D eigenvalue weighted by molar-refractivity contribution is 6.34. The van der Waals surface area contributed by atoms with Crippen molar-refractivity contribution in [3.05, 3.63) is 140 Å². The van der Waals surface area contributed by atoms with Gasteiger partial charge in [0.05, 0.1) is 27.6 Å². The molecule has 0 bridgehead atoms. The van der Waals surface area contributed by atoms with E-state index in [0.29, 0.717) is 0 Å². The first kappa shape index (κ1) is 22.7. The maximum atomic E-state index is 4.74. The number of fused-ring (bicyclic) bond motifs is 14. The summed E-state index contributed by atoms with van der Waals surface area (Å²) in [6, 6.07) is 41.4. The maximum Gasteiger partial charge on any atom is 0.146 e. The predicted molar refractivity (Wildman–Crippen MR) is 177 cm³/mol. The second-order valence-electron chi connectivity index (χ2n) is 11.1. The Bertz CT molecular complexity index is 2710. The summed E-state index contributed by atoms with van der Waals surface area (Å²) in [4.78, 5) is 9.25. The number of hydrogen-bond acceptors (Lipinski definition) is 2. The zero-order valence-corrected chi connectivity index (χ0v) is 23.0. The average Bonchev–Trinajstić information content (AvgIpc) is 3.78. The average molecular weight is 550 g/mol. The predicted octanol–water partition coefficient (Wildman–Crippen LogP) is 9.23. The Balaban J connectivity index is 1.57. The van der Waals surface area contributed by atoms with Crippen LogP contribution in [-0.4, -0.2) is 23.5 Å². The van der Waals surface area contributed by atoms with Gasteiger partial charge in [0.1, 0.15) is 5.65 Å². The van der Waals surface area contributed by atoms with Crippen LogP contribution in [0.25, 0.3) is 82.3 Å². The van der Waals surface area contributed by atoms with Crippen molar-refractivity contribution in [2.24, 2.45) is 0 Å². The van der Waals surface area contributed by atoms with E-state index in [1.54, 1.807) is 0 Å². The molecule has 10 aromatic rings. The van der Waals surface area contributed by atoms with Gasteiger partial charge in [-0.25, -0.2) is 4.98 Å². The van der Waals surface area contributed by atoms with Gasteiger partial charge < -0.3 is 9.13 Å². The molecule has 0 aliphatic carbocycles. The van der Waals surface area contributed by atoms with Crippen LogP contribution < -0.4 is 0 Å². The summed E-state index contributed by atoms with van der Waals surface area (Å²) in [6.45, 7) is 0. The maximum absolute atomic E-state index is 4.74. The summed E-state index contributed by atoms with van der Waals surface area (Å²) in [5, 5.41) is 8.36. The Morgan fingerprint density at radius 1 is 0.442 bits per heavy atom. The van der Waals surface area contributed by atoms with Crippen LogP contribution >= 0.6 is 0 Å². The number of hydrogen-bond donors (Lipinski definition) is 0. The minimum Gasteiger partial charge on any atom is -0.309 e. The van der Waals surface area contributed by atoms with Gasteiger partial charge in [0.25, 0.3) is 0 Å². The molecule has 5 aromatic heterocycles. The van der Waals surface area contributed by atoms with Crippen LogP contribution in [0.4, 0.5) is 0 Å². The van der Waals surface area contributed by atoms with Crippen molar-refractivity contribution >= 4 is 70.9 Å². The lowest BCUT2D eigenvalue weighted by molar-refractivity contribution is 1.17. The third kappa shape index (κ3) is 2.90. The number of pyridine rings is 2. The lowest BCUT2D eigenvalue weighted by Crippen LogP contribution is -1.95. The van der Waals surface area contributed by atoms with E-state index >= 15 is 0 Å². The van der Waals surface area contributed by atoms with Gasteiger partial charge in [0.15, 0.2) is 0 Å². The normalized spacial score (nSPS) is 12.2. The monoisotopic (exact) mass is 549 g/mol. The SMILES string of the molecule is c1ccc(-n2c3ccc4c(c5ccncc5c5nccn45)c3c3c2ccc2c4ccccc4n(-c4ccccc4)c23)cc1. The Morgan fingerprint density at radius 3 is 1.98 bits per heavy atom. The van der Waals surface area contributed by atoms with Crippen LogP contribution in [-0.2, 0) is 0 Å². The van der Waals surface area contributed by atoms with Gasteiger partial charge in [-0.15, -0.1) is 0 Å². The van der Waals surface area contributed by atoms with E-state index in [0.717, 1.165) is 33.3 Å². The highest BCUT2D eigenvalue weighted by Crippen LogP contribution is 2.45. The summed E-state index contributed by atoms with van der Waals surface area (Å²) >= 11 is 0. The molecule has 0 spiro atoms. The summed E-state index contributed by atoms with van der Waals surface area (Å²) in [6.07, 6.45) is 7.78. The standard InChI is InChI=1S/C38H23N5/c1-3-9-24(10-4-1)42-32-18-17-31-34(27-19-20-39-23-29(27)38-40-21-22-41(31)38)35(32)36-33(42)16-15-28-26-13-7-8-14-30(26)43(37(28)36)25-11-5-2-6-12-25/h1-23H. The molecule has 0 radical (unpaired) electrons. The molecule has 5 heterocycles. The molecule has 200 valence electrons. The van der Waals surface area contributed by atoms with Gasteiger partial charge in [-0.1, -0.05) is 60.7 Å². The van der Waals surface area contributed by atoms with Crippen LogP contribution in [0.1, 0.15) is 0 Å². The molecule has 0 fully saturated rings. The summed E-state index contributed by atoms with van der Waals surface area (Å²) < 4.78 is 7.07. The fourth-order valence-electron chi connectivity index (χ4n) is 7.29. The molecule has 0 atom stereocenters. The molecular formula is C38H23N5. The number of benzene rings is 5. The van der Waals surface area contributed by atoms with Crippen molar-refractivity contribution < 1.29 is 0 Å². The molecule has 5 nitrogen and oxygen atoms in total. The first-order chi connectivity index (χ1) is 21.4. The van der Waals surface area contributed by atoms with E-state index in [-0.39, 0.29) is 0 Å². The highest BCUT2D eigenvalue weighted by atomic mass is 15.0. The molecule has 0 saturated heterocycles.